The predicted molar refractivity (Wildman–Crippen MR) is 73.3 cm³/mol. The molecule has 0 atom stereocenters. The van der Waals surface area contributed by atoms with E-state index in [4.69, 9.17) is 0 Å². The third-order valence-corrected chi connectivity index (χ3v) is 3.41. The number of aromatic nitrogens is 2. The van der Waals surface area contributed by atoms with Crippen LogP contribution in [0.15, 0.2) is 24.5 Å². The third-order valence-electron chi connectivity index (χ3n) is 3.41. The third kappa shape index (κ3) is 2.29. The highest BCUT2D eigenvalue weighted by Crippen LogP contribution is 2.21. The highest BCUT2D eigenvalue weighted by Gasteiger charge is 2.12. The molecule has 0 radical (unpaired) electrons. The van der Waals surface area contributed by atoms with Gasteiger partial charge in [0, 0.05) is 18.5 Å². The first-order valence-electron chi connectivity index (χ1n) is 6.56. The maximum absolute atomic E-state index is 4.38. The Morgan fingerprint density at radius 1 is 1.11 bits per heavy atom. The van der Waals surface area contributed by atoms with Crippen molar-refractivity contribution in [1.82, 2.24) is 15.0 Å². The zero-order chi connectivity index (χ0) is 12.4. The molecule has 0 spiro atoms. The molecule has 94 valence electrons. The van der Waals surface area contributed by atoms with Crippen LogP contribution in [0.2, 0.25) is 0 Å². The lowest BCUT2D eigenvalue weighted by atomic mass is 10.1. The summed E-state index contributed by atoms with van der Waals surface area (Å²) in [5, 5.41) is 3.36. The molecule has 1 fully saturated rings. The zero-order valence-electron chi connectivity index (χ0n) is 10.7. The van der Waals surface area contributed by atoms with Gasteiger partial charge in [-0.05, 0) is 31.9 Å². The molecule has 1 aliphatic heterocycles. The van der Waals surface area contributed by atoms with E-state index in [1.807, 2.05) is 6.07 Å². The number of benzene rings is 1. The van der Waals surface area contributed by atoms with Gasteiger partial charge < -0.3 is 5.43 Å². The monoisotopic (exact) mass is 242 g/mol. The van der Waals surface area contributed by atoms with E-state index in [-0.39, 0.29) is 0 Å². The van der Waals surface area contributed by atoms with Crippen molar-refractivity contribution in [3.8, 4) is 0 Å². The summed E-state index contributed by atoms with van der Waals surface area (Å²) in [6.07, 6.45) is 5.48. The van der Waals surface area contributed by atoms with Gasteiger partial charge in [0.05, 0.1) is 5.52 Å². The van der Waals surface area contributed by atoms with Crippen LogP contribution in [0.3, 0.4) is 0 Å². The first-order chi connectivity index (χ1) is 8.83. The molecule has 0 unspecified atom stereocenters. The van der Waals surface area contributed by atoms with Crippen molar-refractivity contribution in [2.75, 3.05) is 18.5 Å². The van der Waals surface area contributed by atoms with Crippen LogP contribution in [-0.2, 0) is 0 Å². The summed E-state index contributed by atoms with van der Waals surface area (Å²) in [5.74, 6) is 0.922. The number of piperidine rings is 1. The molecule has 0 aliphatic carbocycles. The summed E-state index contributed by atoms with van der Waals surface area (Å²) in [4.78, 5) is 8.68. The number of anilines is 1. The molecule has 4 nitrogen and oxygen atoms in total. The van der Waals surface area contributed by atoms with Gasteiger partial charge in [-0.2, -0.15) is 0 Å². The van der Waals surface area contributed by atoms with E-state index < -0.39 is 0 Å². The van der Waals surface area contributed by atoms with E-state index in [1.165, 1.54) is 24.8 Å². The number of nitrogens with one attached hydrogen (secondary N) is 1. The summed E-state index contributed by atoms with van der Waals surface area (Å²) >= 11 is 0. The van der Waals surface area contributed by atoms with E-state index in [0.717, 1.165) is 29.8 Å². The van der Waals surface area contributed by atoms with E-state index >= 15 is 0 Å². The summed E-state index contributed by atoms with van der Waals surface area (Å²) in [6.45, 7) is 4.28. The van der Waals surface area contributed by atoms with E-state index in [2.05, 4.69) is 39.5 Å². The molecule has 0 amide bonds. The van der Waals surface area contributed by atoms with Crippen molar-refractivity contribution < 1.29 is 0 Å². The lowest BCUT2D eigenvalue weighted by molar-refractivity contribution is 0.272. The van der Waals surface area contributed by atoms with Crippen LogP contribution in [0.5, 0.6) is 0 Å². The molecule has 3 rings (SSSR count). The van der Waals surface area contributed by atoms with Crippen LogP contribution in [0, 0.1) is 6.92 Å². The van der Waals surface area contributed by atoms with Crippen LogP contribution in [0.4, 0.5) is 5.82 Å². The van der Waals surface area contributed by atoms with Gasteiger partial charge in [-0.25, -0.2) is 15.0 Å². The molecule has 0 saturated carbocycles. The smallest absolute Gasteiger partial charge is 0.151 e. The average molecular weight is 242 g/mol. The molecule has 2 heterocycles. The largest absolute Gasteiger partial charge is 0.302 e. The molecule has 0 bridgehead atoms. The second-order valence-electron chi connectivity index (χ2n) is 4.90. The van der Waals surface area contributed by atoms with Crippen LogP contribution in [-0.4, -0.2) is 28.1 Å². The Balaban J connectivity index is 1.92. The van der Waals surface area contributed by atoms with Crippen molar-refractivity contribution in [3.05, 3.63) is 30.1 Å². The molecule has 1 aromatic heterocycles. The first kappa shape index (κ1) is 11.4. The fourth-order valence-electron chi connectivity index (χ4n) is 2.42. The zero-order valence-corrected chi connectivity index (χ0v) is 10.7. The van der Waals surface area contributed by atoms with Gasteiger partial charge in [-0.1, -0.05) is 18.1 Å². The number of rotatable bonds is 2. The lowest BCUT2D eigenvalue weighted by Crippen LogP contribution is -2.35. The number of nitrogens with zero attached hydrogens (tertiary/aromatic N) is 3. The summed E-state index contributed by atoms with van der Waals surface area (Å²) < 4.78 is 0. The number of hydrazine groups is 1. The van der Waals surface area contributed by atoms with Gasteiger partial charge in [-0.3, -0.25) is 0 Å². The van der Waals surface area contributed by atoms with Crippen LogP contribution in [0.25, 0.3) is 10.9 Å². The van der Waals surface area contributed by atoms with Gasteiger partial charge in [0.25, 0.3) is 0 Å². The summed E-state index contributed by atoms with van der Waals surface area (Å²) in [7, 11) is 0. The summed E-state index contributed by atoms with van der Waals surface area (Å²) in [6, 6.07) is 6.27. The van der Waals surface area contributed by atoms with Crippen molar-refractivity contribution in [2.24, 2.45) is 0 Å². The Morgan fingerprint density at radius 2 is 1.94 bits per heavy atom. The van der Waals surface area contributed by atoms with Gasteiger partial charge in [0.15, 0.2) is 5.82 Å². The highest BCUT2D eigenvalue weighted by molar-refractivity contribution is 5.89. The maximum atomic E-state index is 4.38. The number of hydrogen-bond donors (Lipinski definition) is 1. The molecular formula is C14H18N4. The lowest BCUT2D eigenvalue weighted by Gasteiger charge is -2.27. The van der Waals surface area contributed by atoms with E-state index in [9.17, 15) is 0 Å². The minimum atomic E-state index is 0.922. The Hall–Kier alpha value is -1.68. The Labute approximate surface area is 107 Å². The molecule has 1 aliphatic rings. The Kier molecular flexibility index (Phi) is 3.11. The number of hydrogen-bond acceptors (Lipinski definition) is 4. The number of aryl methyl sites for hydroxylation is 1. The van der Waals surface area contributed by atoms with E-state index in [0.29, 0.717) is 0 Å². The number of fused-ring (bicyclic) bond motifs is 1. The van der Waals surface area contributed by atoms with Crippen molar-refractivity contribution in [1.29, 1.82) is 0 Å². The van der Waals surface area contributed by atoms with Crippen molar-refractivity contribution in [2.45, 2.75) is 26.2 Å². The van der Waals surface area contributed by atoms with Crippen LogP contribution in [0.1, 0.15) is 24.8 Å². The molecule has 2 aromatic rings. The Bertz CT molecular complexity index is 546. The second kappa shape index (κ2) is 4.90. The average Bonchev–Trinajstić information content (AvgIpc) is 2.41. The van der Waals surface area contributed by atoms with Crippen LogP contribution < -0.4 is 5.43 Å². The highest BCUT2D eigenvalue weighted by atomic mass is 15.5. The topological polar surface area (TPSA) is 41.1 Å². The van der Waals surface area contributed by atoms with Gasteiger partial charge in [0.1, 0.15) is 6.33 Å². The van der Waals surface area contributed by atoms with Gasteiger partial charge in [0.2, 0.25) is 0 Å². The van der Waals surface area contributed by atoms with Gasteiger partial charge in [-0.15, -0.1) is 0 Å². The minimum Gasteiger partial charge on any atom is -0.302 e. The van der Waals surface area contributed by atoms with Crippen LogP contribution >= 0.6 is 0 Å². The standard InChI is InChI=1S/C14H18N4/c1-11-5-6-13-12(9-11)14(16-10-15-13)17-18-7-3-2-4-8-18/h5-6,9-10H,2-4,7-8H2,1H3,(H,15,16,17). The predicted octanol–water partition coefficient (Wildman–Crippen LogP) is 2.75. The molecule has 18 heavy (non-hydrogen) atoms. The summed E-state index contributed by atoms with van der Waals surface area (Å²) in [5.41, 5.74) is 5.66. The molecular weight excluding hydrogens is 224 g/mol. The quantitative estimate of drug-likeness (QED) is 0.879. The van der Waals surface area contributed by atoms with Crippen molar-refractivity contribution in [3.63, 3.8) is 0 Å². The van der Waals surface area contributed by atoms with E-state index in [1.54, 1.807) is 6.33 Å². The maximum Gasteiger partial charge on any atom is 0.151 e. The second-order valence-corrected chi connectivity index (χ2v) is 4.90. The normalized spacial score (nSPS) is 16.9. The minimum absolute atomic E-state index is 0.922. The van der Waals surface area contributed by atoms with Gasteiger partial charge >= 0.3 is 0 Å². The fourth-order valence-corrected chi connectivity index (χ4v) is 2.42. The first-order valence-corrected chi connectivity index (χ1v) is 6.56. The fraction of sp³-hybridized carbons (Fsp3) is 0.429. The SMILES string of the molecule is Cc1ccc2ncnc(NN3CCCCC3)c2c1. The molecule has 1 saturated heterocycles. The molecule has 1 aromatic carbocycles. The Morgan fingerprint density at radius 3 is 2.78 bits per heavy atom. The molecule has 1 N–H and O–H groups in total. The molecule has 4 heteroatoms. The van der Waals surface area contributed by atoms with Crippen molar-refractivity contribution >= 4 is 16.7 Å².